The molecule has 0 bridgehead atoms. The van der Waals surface area contributed by atoms with Gasteiger partial charge in [-0.1, -0.05) is 255 Å². The zero-order valence-corrected chi connectivity index (χ0v) is 50.6. The first kappa shape index (κ1) is 73.8. The van der Waals surface area contributed by atoms with Gasteiger partial charge in [0.25, 0.3) is 0 Å². The molecule has 0 spiro atoms. The number of carbonyl (C=O) groups is 3. The molecule has 0 aromatic carbocycles. The summed E-state index contributed by atoms with van der Waals surface area (Å²) in [7, 11) is 0. The van der Waals surface area contributed by atoms with E-state index < -0.39 is 6.10 Å². The Morgan fingerprint density at radius 3 is 0.722 bits per heavy atom. The molecule has 442 valence electrons. The molecule has 0 fully saturated rings. The van der Waals surface area contributed by atoms with Crippen molar-refractivity contribution in [2.45, 2.75) is 258 Å². The second kappa shape index (κ2) is 65.3. The lowest BCUT2D eigenvalue weighted by molar-refractivity contribution is -0.167. The van der Waals surface area contributed by atoms with E-state index in [1.807, 2.05) is 0 Å². The average Bonchev–Trinajstić information content (AvgIpc) is 3.45. The summed E-state index contributed by atoms with van der Waals surface area (Å²) in [5.41, 5.74) is 0. The van der Waals surface area contributed by atoms with Gasteiger partial charge in [0, 0.05) is 19.3 Å². The van der Waals surface area contributed by atoms with Crippen LogP contribution in [0.15, 0.2) is 170 Å². The fourth-order valence-electron chi connectivity index (χ4n) is 8.07. The summed E-state index contributed by atoms with van der Waals surface area (Å²) in [6.45, 7) is 6.24. The molecule has 0 saturated heterocycles. The normalized spacial score (nSPS) is 13.3. The molecule has 0 amide bonds. The van der Waals surface area contributed by atoms with Crippen LogP contribution in [-0.2, 0) is 28.6 Å². The summed E-state index contributed by atoms with van der Waals surface area (Å²) in [5, 5.41) is 0. The minimum absolute atomic E-state index is 0.109. The van der Waals surface area contributed by atoms with Crippen molar-refractivity contribution in [2.75, 3.05) is 13.2 Å². The van der Waals surface area contributed by atoms with Crippen LogP contribution in [0.1, 0.15) is 252 Å². The Hall–Kier alpha value is -5.23. The molecule has 0 aromatic rings. The maximum atomic E-state index is 12.9. The molecule has 0 radical (unpaired) electrons. The highest BCUT2D eigenvalue weighted by Gasteiger charge is 2.19. The Kier molecular flexibility index (Phi) is 61.0. The zero-order chi connectivity index (χ0) is 57.1. The molecule has 6 nitrogen and oxygen atoms in total. The van der Waals surface area contributed by atoms with Crippen LogP contribution in [0.25, 0.3) is 0 Å². The third-order valence-corrected chi connectivity index (χ3v) is 12.7. The Balaban J connectivity index is 4.45. The Morgan fingerprint density at radius 1 is 0.253 bits per heavy atom. The molecule has 0 aliphatic heterocycles. The van der Waals surface area contributed by atoms with Crippen LogP contribution in [0.4, 0.5) is 0 Å². The average molecular weight is 1090 g/mol. The number of esters is 3. The van der Waals surface area contributed by atoms with Gasteiger partial charge in [0.05, 0.1) is 0 Å². The summed E-state index contributed by atoms with van der Waals surface area (Å²) < 4.78 is 16.9. The van der Waals surface area contributed by atoms with Gasteiger partial charge in [-0.05, 0) is 148 Å². The lowest BCUT2D eigenvalue weighted by Crippen LogP contribution is -2.30. The van der Waals surface area contributed by atoms with Gasteiger partial charge in [0.1, 0.15) is 13.2 Å². The van der Waals surface area contributed by atoms with E-state index in [0.717, 1.165) is 173 Å². The SMILES string of the molecule is CC/C=C\C/C=C\C/C=C\C/C=C\C/C=C\C/C=C\CCCCCCC(=O)OC(COC(=O)CCCCC/C=C\C/C=C\C/C=C\CC)COC(=O)CCCCCCCCCCC/C=C\C/C=C\C/C=C\C/C=C\C/C=C\CC. The molecule has 1 atom stereocenters. The summed E-state index contributed by atoms with van der Waals surface area (Å²) in [5.74, 6) is -0.976. The van der Waals surface area contributed by atoms with E-state index >= 15 is 0 Å². The quantitative estimate of drug-likeness (QED) is 0.0261. The first-order valence-corrected chi connectivity index (χ1v) is 31.6. The molecule has 0 aromatic heterocycles. The van der Waals surface area contributed by atoms with Crippen molar-refractivity contribution in [1.82, 2.24) is 0 Å². The minimum Gasteiger partial charge on any atom is -0.462 e. The van der Waals surface area contributed by atoms with Gasteiger partial charge in [-0.15, -0.1) is 0 Å². The summed E-state index contributed by atoms with van der Waals surface area (Å²) in [6, 6.07) is 0. The molecule has 0 rings (SSSR count). The number of hydrogen-bond acceptors (Lipinski definition) is 6. The van der Waals surface area contributed by atoms with Gasteiger partial charge in [0.2, 0.25) is 0 Å². The number of allylic oxidation sites excluding steroid dienone is 28. The molecular weight excluding hydrogens is 973 g/mol. The van der Waals surface area contributed by atoms with E-state index in [1.54, 1.807) is 0 Å². The van der Waals surface area contributed by atoms with Gasteiger partial charge in [-0.2, -0.15) is 0 Å². The molecule has 0 saturated carbocycles. The molecule has 0 aliphatic rings. The largest absolute Gasteiger partial charge is 0.462 e. The first-order valence-electron chi connectivity index (χ1n) is 31.6. The highest BCUT2D eigenvalue weighted by Crippen LogP contribution is 2.14. The third kappa shape index (κ3) is 63.5. The van der Waals surface area contributed by atoms with E-state index in [1.165, 1.54) is 38.5 Å². The van der Waals surface area contributed by atoms with Crippen LogP contribution in [0.5, 0.6) is 0 Å². The first-order chi connectivity index (χ1) is 39.0. The topological polar surface area (TPSA) is 78.9 Å². The third-order valence-electron chi connectivity index (χ3n) is 12.7. The van der Waals surface area contributed by atoms with E-state index in [4.69, 9.17) is 14.2 Å². The number of carbonyl (C=O) groups excluding carboxylic acids is 3. The van der Waals surface area contributed by atoms with Crippen LogP contribution in [0.3, 0.4) is 0 Å². The van der Waals surface area contributed by atoms with E-state index in [9.17, 15) is 14.4 Å². The van der Waals surface area contributed by atoms with Crippen molar-refractivity contribution < 1.29 is 28.6 Å². The fraction of sp³-hybridized carbons (Fsp3) is 0.575. The van der Waals surface area contributed by atoms with Crippen LogP contribution >= 0.6 is 0 Å². The van der Waals surface area contributed by atoms with Crippen molar-refractivity contribution in [3.8, 4) is 0 Å². The van der Waals surface area contributed by atoms with Crippen molar-refractivity contribution in [3.63, 3.8) is 0 Å². The maximum Gasteiger partial charge on any atom is 0.306 e. The standard InChI is InChI=1S/C73H114O6/c1-4-7-10-13-16-19-22-25-27-29-31-33-35-36-38-39-41-43-45-48-51-54-57-60-63-66-72(75)78-69-70(68-77-71(74)65-62-59-56-53-50-47-24-21-18-15-12-9-6-3)79-73(76)67-64-61-58-55-52-49-46-44-42-40-37-34-32-30-28-26-23-20-17-14-11-8-5-2/h7-12,16-21,25-28,31-34,36,38,40,42,46-47,49-50,70H,4-6,13-15,22-24,29-30,35,37,39,41,43-45,48,51-69H2,1-3H3/b10-7-,11-8-,12-9-,19-16-,20-17-,21-18-,27-25-,28-26-,33-31-,34-32-,38-36-,42-40-,49-46-,50-47-. The summed E-state index contributed by atoms with van der Waals surface area (Å²) >= 11 is 0. The van der Waals surface area contributed by atoms with E-state index in [0.29, 0.717) is 12.8 Å². The zero-order valence-electron chi connectivity index (χ0n) is 50.6. The lowest BCUT2D eigenvalue weighted by atomic mass is 10.1. The van der Waals surface area contributed by atoms with Crippen molar-refractivity contribution >= 4 is 17.9 Å². The second-order valence-corrected chi connectivity index (χ2v) is 20.2. The predicted octanol–water partition coefficient (Wildman–Crippen LogP) is 21.9. The predicted molar refractivity (Wildman–Crippen MR) is 343 cm³/mol. The molecule has 79 heavy (non-hydrogen) atoms. The monoisotopic (exact) mass is 1090 g/mol. The van der Waals surface area contributed by atoms with Crippen LogP contribution in [0, 0.1) is 0 Å². The van der Waals surface area contributed by atoms with Crippen molar-refractivity contribution in [2.24, 2.45) is 0 Å². The molecular formula is C73H114O6. The summed E-state index contributed by atoms with van der Waals surface area (Å²) in [6.07, 6.45) is 96.4. The van der Waals surface area contributed by atoms with Crippen LogP contribution in [-0.4, -0.2) is 37.2 Å². The van der Waals surface area contributed by atoms with E-state index in [2.05, 4.69) is 191 Å². The van der Waals surface area contributed by atoms with Gasteiger partial charge < -0.3 is 14.2 Å². The lowest BCUT2D eigenvalue weighted by Gasteiger charge is -2.18. The fourth-order valence-corrected chi connectivity index (χ4v) is 8.07. The number of unbranched alkanes of at least 4 members (excludes halogenated alkanes) is 16. The molecule has 0 heterocycles. The second-order valence-electron chi connectivity index (χ2n) is 20.2. The molecule has 1 unspecified atom stereocenters. The number of hydrogen-bond donors (Lipinski definition) is 0. The van der Waals surface area contributed by atoms with Crippen LogP contribution < -0.4 is 0 Å². The highest BCUT2D eigenvalue weighted by atomic mass is 16.6. The van der Waals surface area contributed by atoms with Crippen molar-refractivity contribution in [1.29, 1.82) is 0 Å². The number of ether oxygens (including phenoxy) is 3. The Morgan fingerprint density at radius 2 is 0.456 bits per heavy atom. The molecule has 6 heteroatoms. The van der Waals surface area contributed by atoms with Gasteiger partial charge in [-0.3, -0.25) is 14.4 Å². The van der Waals surface area contributed by atoms with Crippen LogP contribution in [0.2, 0.25) is 0 Å². The summed E-state index contributed by atoms with van der Waals surface area (Å²) in [4.78, 5) is 38.3. The van der Waals surface area contributed by atoms with Gasteiger partial charge >= 0.3 is 17.9 Å². The smallest absolute Gasteiger partial charge is 0.306 e. The van der Waals surface area contributed by atoms with Crippen molar-refractivity contribution in [3.05, 3.63) is 170 Å². The van der Waals surface area contributed by atoms with Gasteiger partial charge in [0.15, 0.2) is 6.10 Å². The Labute approximate surface area is 485 Å². The maximum absolute atomic E-state index is 12.9. The Bertz CT molecular complexity index is 1820. The van der Waals surface area contributed by atoms with Gasteiger partial charge in [-0.25, -0.2) is 0 Å². The minimum atomic E-state index is -0.817. The molecule has 0 N–H and O–H groups in total. The highest BCUT2D eigenvalue weighted by molar-refractivity contribution is 5.71. The number of rotatable bonds is 55. The molecule has 0 aliphatic carbocycles. The van der Waals surface area contributed by atoms with E-state index in [-0.39, 0.29) is 37.5 Å².